The van der Waals surface area contributed by atoms with Gasteiger partial charge in [0.15, 0.2) is 5.11 Å². The summed E-state index contributed by atoms with van der Waals surface area (Å²) in [6, 6.07) is 3.84. The number of thiocarbonyl (C=S) groups is 1. The molecule has 7 nitrogen and oxygen atoms in total. The molecular weight excluding hydrogens is 470 g/mol. The maximum Gasteiger partial charge on any atom is 0.271 e. The number of halogens is 4. The van der Waals surface area contributed by atoms with Crippen LogP contribution in [0.15, 0.2) is 18.2 Å². The number of hydrogen-bond acceptors (Lipinski definition) is 4. The SMILES string of the molecule is CCCCCCC(=O)NC(NC(=S)Nc1ccc([N+](=O)[O-])cc1Cl)C(Cl)(Cl)Cl. The van der Waals surface area contributed by atoms with Gasteiger partial charge in [0.2, 0.25) is 9.70 Å². The minimum absolute atomic E-state index is 0.0124. The highest BCUT2D eigenvalue weighted by Crippen LogP contribution is 2.30. The van der Waals surface area contributed by atoms with Crippen LogP contribution >= 0.6 is 58.6 Å². The molecule has 0 aliphatic heterocycles. The molecule has 0 heterocycles. The number of non-ortho nitro benzene ring substituents is 1. The number of carbonyl (C=O) groups is 1. The van der Waals surface area contributed by atoms with Crippen molar-refractivity contribution in [2.45, 2.75) is 49.0 Å². The Hall–Kier alpha value is -1.06. The van der Waals surface area contributed by atoms with Crippen molar-refractivity contribution in [3.63, 3.8) is 0 Å². The molecule has 3 N–H and O–H groups in total. The van der Waals surface area contributed by atoms with Crippen LogP contribution in [0.1, 0.15) is 39.0 Å². The van der Waals surface area contributed by atoms with E-state index in [2.05, 4.69) is 22.9 Å². The van der Waals surface area contributed by atoms with Crippen molar-refractivity contribution < 1.29 is 9.72 Å². The maximum atomic E-state index is 12.1. The molecule has 1 rings (SSSR count). The molecule has 0 bridgehead atoms. The molecule has 0 saturated heterocycles. The first-order chi connectivity index (χ1) is 13.0. The zero-order valence-electron chi connectivity index (χ0n) is 14.9. The van der Waals surface area contributed by atoms with Gasteiger partial charge in [-0.15, -0.1) is 0 Å². The molecule has 0 fully saturated rings. The number of nitrogens with zero attached hydrogens (tertiary/aromatic N) is 1. The highest BCUT2D eigenvalue weighted by molar-refractivity contribution is 7.80. The van der Waals surface area contributed by atoms with E-state index in [9.17, 15) is 14.9 Å². The fraction of sp³-hybridized carbons (Fsp3) is 0.500. The molecule has 1 amide bonds. The van der Waals surface area contributed by atoms with Crippen molar-refractivity contribution in [1.29, 1.82) is 0 Å². The third kappa shape index (κ3) is 8.96. The Bertz CT molecular complexity index is 716. The summed E-state index contributed by atoms with van der Waals surface area (Å²) in [4.78, 5) is 22.3. The third-order valence-corrected chi connectivity index (χ3v) is 4.76. The smallest absolute Gasteiger partial charge is 0.271 e. The molecule has 0 saturated carbocycles. The molecule has 1 atom stereocenters. The molecule has 0 aliphatic rings. The molecule has 28 heavy (non-hydrogen) atoms. The van der Waals surface area contributed by atoms with Gasteiger partial charge in [0.1, 0.15) is 6.17 Å². The van der Waals surface area contributed by atoms with Crippen LogP contribution in [-0.4, -0.2) is 25.9 Å². The highest BCUT2D eigenvalue weighted by atomic mass is 35.6. The van der Waals surface area contributed by atoms with Crippen molar-refractivity contribution in [2.75, 3.05) is 5.32 Å². The van der Waals surface area contributed by atoms with E-state index in [1.54, 1.807) is 0 Å². The van der Waals surface area contributed by atoms with Crippen LogP contribution in [0.3, 0.4) is 0 Å². The molecule has 0 aliphatic carbocycles. The number of nitro benzene ring substituents is 1. The van der Waals surface area contributed by atoms with E-state index in [4.69, 9.17) is 58.6 Å². The summed E-state index contributed by atoms with van der Waals surface area (Å²) in [7, 11) is 0. The third-order valence-electron chi connectivity index (χ3n) is 3.58. The average Bonchev–Trinajstić information content (AvgIpc) is 2.59. The number of hydrogen-bond donors (Lipinski definition) is 3. The highest BCUT2D eigenvalue weighted by Gasteiger charge is 2.34. The van der Waals surface area contributed by atoms with Crippen LogP contribution in [0.25, 0.3) is 0 Å². The summed E-state index contributed by atoms with van der Waals surface area (Å²) in [5.74, 6) is -0.281. The lowest BCUT2D eigenvalue weighted by Crippen LogP contribution is -2.56. The van der Waals surface area contributed by atoms with Gasteiger partial charge in [0.25, 0.3) is 5.69 Å². The monoisotopic (exact) mass is 488 g/mol. The van der Waals surface area contributed by atoms with Crippen LogP contribution in [0.2, 0.25) is 5.02 Å². The molecule has 0 radical (unpaired) electrons. The van der Waals surface area contributed by atoms with Crippen molar-refractivity contribution in [2.24, 2.45) is 0 Å². The largest absolute Gasteiger partial charge is 0.339 e. The molecule has 1 aromatic rings. The Morgan fingerprint density at radius 1 is 1.25 bits per heavy atom. The van der Waals surface area contributed by atoms with Gasteiger partial charge in [-0.3, -0.25) is 14.9 Å². The normalized spacial score (nSPS) is 12.2. The standard InChI is InChI=1S/C16H20Cl4N4O3S/c1-2-3-4-5-6-13(25)22-14(16(18,19)20)23-15(28)21-12-8-7-10(24(26)27)9-11(12)17/h7-9,14H,2-6H2,1H3,(H,22,25)(H2,21,23,28). The summed E-state index contributed by atoms with van der Waals surface area (Å²) in [5, 5.41) is 18.9. The van der Waals surface area contributed by atoms with Gasteiger partial charge in [0, 0.05) is 18.6 Å². The van der Waals surface area contributed by atoms with Gasteiger partial charge in [-0.25, -0.2) is 0 Å². The zero-order chi connectivity index (χ0) is 21.3. The van der Waals surface area contributed by atoms with E-state index in [1.807, 2.05) is 0 Å². The quantitative estimate of drug-likeness (QED) is 0.108. The number of unbranched alkanes of at least 4 members (excludes halogenated alkanes) is 3. The van der Waals surface area contributed by atoms with Crippen LogP contribution in [0.4, 0.5) is 11.4 Å². The topological polar surface area (TPSA) is 96.3 Å². The van der Waals surface area contributed by atoms with Crippen molar-refractivity contribution in [3.05, 3.63) is 33.3 Å². The van der Waals surface area contributed by atoms with Gasteiger partial charge in [-0.1, -0.05) is 72.6 Å². The van der Waals surface area contributed by atoms with Crippen molar-refractivity contribution in [1.82, 2.24) is 10.6 Å². The molecular formula is C16H20Cl4N4O3S. The van der Waals surface area contributed by atoms with Crippen LogP contribution in [-0.2, 0) is 4.79 Å². The summed E-state index contributed by atoms with van der Waals surface area (Å²) in [6.45, 7) is 2.08. The first-order valence-corrected chi connectivity index (χ1v) is 10.3. The van der Waals surface area contributed by atoms with E-state index in [0.717, 1.165) is 25.7 Å². The first-order valence-electron chi connectivity index (χ1n) is 8.42. The van der Waals surface area contributed by atoms with Crippen LogP contribution in [0.5, 0.6) is 0 Å². The first kappa shape index (κ1) is 25.0. The van der Waals surface area contributed by atoms with Gasteiger partial charge in [-0.2, -0.15) is 0 Å². The van der Waals surface area contributed by atoms with E-state index in [0.29, 0.717) is 12.1 Å². The van der Waals surface area contributed by atoms with Crippen LogP contribution in [0, 0.1) is 10.1 Å². The predicted octanol–water partition coefficient (Wildman–Crippen LogP) is 5.32. The van der Waals surface area contributed by atoms with Gasteiger partial charge in [-0.05, 0) is 24.7 Å². The second-order valence-electron chi connectivity index (χ2n) is 5.87. The van der Waals surface area contributed by atoms with E-state index >= 15 is 0 Å². The number of carbonyl (C=O) groups excluding carboxylic acids is 1. The molecule has 12 heteroatoms. The number of anilines is 1. The minimum Gasteiger partial charge on any atom is -0.339 e. The number of amides is 1. The van der Waals surface area contributed by atoms with E-state index < -0.39 is 14.9 Å². The van der Waals surface area contributed by atoms with Crippen molar-refractivity contribution >= 4 is 81.0 Å². The predicted molar refractivity (Wildman–Crippen MR) is 118 cm³/mol. The lowest BCUT2D eigenvalue weighted by molar-refractivity contribution is -0.384. The number of nitro groups is 1. The molecule has 1 unspecified atom stereocenters. The number of alkyl halides is 3. The zero-order valence-corrected chi connectivity index (χ0v) is 18.8. The fourth-order valence-corrected chi connectivity index (χ4v) is 2.93. The minimum atomic E-state index is -1.87. The Morgan fingerprint density at radius 2 is 1.93 bits per heavy atom. The van der Waals surface area contributed by atoms with Gasteiger partial charge < -0.3 is 16.0 Å². The number of benzene rings is 1. The average molecular weight is 490 g/mol. The molecule has 1 aromatic carbocycles. The van der Waals surface area contributed by atoms with Gasteiger partial charge in [0.05, 0.1) is 15.6 Å². The summed E-state index contributed by atoms with van der Waals surface area (Å²) in [5.41, 5.74) is 0.155. The molecule has 0 spiro atoms. The second-order valence-corrected chi connectivity index (χ2v) is 9.06. The lowest BCUT2D eigenvalue weighted by Gasteiger charge is -2.28. The molecule has 156 valence electrons. The fourth-order valence-electron chi connectivity index (χ4n) is 2.15. The Morgan fingerprint density at radius 3 is 2.46 bits per heavy atom. The van der Waals surface area contributed by atoms with Crippen LogP contribution < -0.4 is 16.0 Å². The number of nitrogens with one attached hydrogen (secondary N) is 3. The Kier molecular flexibility index (Phi) is 10.5. The lowest BCUT2D eigenvalue weighted by atomic mass is 10.1. The van der Waals surface area contributed by atoms with Gasteiger partial charge >= 0.3 is 0 Å². The molecule has 0 aromatic heterocycles. The Labute approximate surface area is 188 Å². The maximum absolute atomic E-state index is 12.1. The van der Waals surface area contributed by atoms with Crippen molar-refractivity contribution in [3.8, 4) is 0 Å². The van der Waals surface area contributed by atoms with E-state index in [1.165, 1.54) is 18.2 Å². The van der Waals surface area contributed by atoms with E-state index in [-0.39, 0.29) is 21.7 Å². The summed E-state index contributed by atoms with van der Waals surface area (Å²) < 4.78 is -1.87. The summed E-state index contributed by atoms with van der Waals surface area (Å²) >= 11 is 28.9. The number of rotatable bonds is 9. The summed E-state index contributed by atoms with van der Waals surface area (Å²) in [6.07, 6.45) is 2.98. The Balaban J connectivity index is 2.70. The second kappa shape index (κ2) is 11.8.